The summed E-state index contributed by atoms with van der Waals surface area (Å²) in [5.41, 5.74) is 2.60. The molecule has 0 saturated heterocycles. The molecule has 2 rings (SSSR count). The molecule has 1 N–H and O–H groups in total. The van der Waals surface area contributed by atoms with E-state index in [0.29, 0.717) is 5.56 Å². The molecule has 114 valence electrons. The van der Waals surface area contributed by atoms with Gasteiger partial charge in [-0.1, -0.05) is 48.5 Å². The van der Waals surface area contributed by atoms with Crippen molar-refractivity contribution in [1.82, 2.24) is 4.83 Å². The third kappa shape index (κ3) is 4.30. The van der Waals surface area contributed by atoms with E-state index in [2.05, 4.69) is 9.93 Å². The van der Waals surface area contributed by atoms with Gasteiger partial charge in [-0.2, -0.15) is 13.5 Å². The van der Waals surface area contributed by atoms with Crippen molar-refractivity contribution in [3.63, 3.8) is 0 Å². The summed E-state index contributed by atoms with van der Waals surface area (Å²) in [4.78, 5) is 2.47. The van der Waals surface area contributed by atoms with Gasteiger partial charge in [-0.3, -0.25) is 0 Å². The van der Waals surface area contributed by atoms with Gasteiger partial charge in [0.25, 0.3) is 10.0 Å². The molecule has 0 unspecified atom stereocenters. The molecule has 5 heteroatoms. The lowest BCUT2D eigenvalue weighted by Crippen LogP contribution is -2.19. The van der Waals surface area contributed by atoms with E-state index < -0.39 is 10.0 Å². The Kier molecular flexibility index (Phi) is 5.12. The van der Waals surface area contributed by atoms with Gasteiger partial charge < -0.3 is 0 Å². The number of aryl methyl sites for hydroxylation is 2. The highest BCUT2D eigenvalue weighted by atomic mass is 32.2. The summed E-state index contributed by atoms with van der Waals surface area (Å²) < 4.78 is 24.4. The van der Waals surface area contributed by atoms with Crippen LogP contribution in [0.3, 0.4) is 0 Å². The highest BCUT2D eigenvalue weighted by Crippen LogP contribution is 2.16. The number of sulfonamides is 1. The quantitative estimate of drug-likeness (QED) is 0.680. The first-order chi connectivity index (χ1) is 10.5. The number of rotatable bonds is 5. The minimum absolute atomic E-state index is 0.247. The molecule has 0 bridgehead atoms. The molecule has 0 saturated carbocycles. The molecule has 0 spiro atoms. The molecule has 0 aromatic heterocycles. The first-order valence-corrected chi connectivity index (χ1v) is 8.31. The molecule has 0 aliphatic heterocycles. The van der Waals surface area contributed by atoms with Crippen LogP contribution < -0.4 is 4.83 Å². The Morgan fingerprint density at radius 2 is 1.77 bits per heavy atom. The SMILES string of the molecule is Cc1ccc(C)c(S(=O)(=O)N/N=C/C=C/c2ccccc2)c1. The van der Waals surface area contributed by atoms with Crippen molar-refractivity contribution in [2.24, 2.45) is 5.10 Å². The number of allylic oxidation sites excluding steroid dienone is 1. The number of hydrazone groups is 1. The van der Waals surface area contributed by atoms with Crippen molar-refractivity contribution >= 4 is 22.3 Å². The van der Waals surface area contributed by atoms with E-state index in [1.54, 1.807) is 25.1 Å². The lowest BCUT2D eigenvalue weighted by atomic mass is 10.2. The largest absolute Gasteiger partial charge is 0.276 e. The van der Waals surface area contributed by atoms with E-state index in [9.17, 15) is 8.42 Å². The molecule has 0 amide bonds. The Balaban J connectivity index is 2.05. The highest BCUT2D eigenvalue weighted by Gasteiger charge is 2.15. The molecular weight excluding hydrogens is 296 g/mol. The van der Waals surface area contributed by atoms with Gasteiger partial charge >= 0.3 is 0 Å². The van der Waals surface area contributed by atoms with E-state index in [-0.39, 0.29) is 4.90 Å². The minimum Gasteiger partial charge on any atom is -0.200 e. The van der Waals surface area contributed by atoms with E-state index >= 15 is 0 Å². The van der Waals surface area contributed by atoms with Crippen LogP contribution in [0, 0.1) is 13.8 Å². The minimum atomic E-state index is -3.64. The summed E-state index contributed by atoms with van der Waals surface area (Å²) in [5, 5.41) is 3.76. The second-order valence-electron chi connectivity index (χ2n) is 4.91. The summed E-state index contributed by atoms with van der Waals surface area (Å²) >= 11 is 0. The molecule has 0 aliphatic rings. The van der Waals surface area contributed by atoms with Gasteiger partial charge in [0.1, 0.15) is 0 Å². The fraction of sp³-hybridized carbons (Fsp3) is 0.118. The van der Waals surface area contributed by atoms with Crippen LogP contribution in [0.5, 0.6) is 0 Å². The average molecular weight is 314 g/mol. The Bertz CT molecular complexity index is 795. The van der Waals surface area contributed by atoms with Gasteiger partial charge in [0.2, 0.25) is 0 Å². The predicted molar refractivity (Wildman–Crippen MR) is 90.2 cm³/mol. The van der Waals surface area contributed by atoms with Crippen LogP contribution in [0.25, 0.3) is 6.08 Å². The monoisotopic (exact) mass is 314 g/mol. The smallest absolute Gasteiger partial charge is 0.200 e. The number of benzene rings is 2. The number of hydrogen-bond acceptors (Lipinski definition) is 3. The number of nitrogens with zero attached hydrogens (tertiary/aromatic N) is 1. The van der Waals surface area contributed by atoms with Crippen molar-refractivity contribution in [1.29, 1.82) is 0 Å². The summed E-state index contributed by atoms with van der Waals surface area (Å²) in [7, 11) is -3.64. The van der Waals surface area contributed by atoms with Crippen molar-refractivity contribution in [3.8, 4) is 0 Å². The van der Waals surface area contributed by atoms with Gasteiger partial charge in [0.05, 0.1) is 4.90 Å². The Labute approximate surface area is 131 Å². The van der Waals surface area contributed by atoms with E-state index in [1.165, 1.54) is 6.21 Å². The van der Waals surface area contributed by atoms with Crippen LogP contribution in [0.2, 0.25) is 0 Å². The van der Waals surface area contributed by atoms with Crippen molar-refractivity contribution in [3.05, 3.63) is 71.3 Å². The maximum Gasteiger partial charge on any atom is 0.276 e. The van der Waals surface area contributed by atoms with Crippen LogP contribution in [0.15, 0.2) is 64.6 Å². The maximum atomic E-state index is 12.2. The standard InChI is InChI=1S/C17H18N2O2S/c1-14-10-11-15(2)17(13-14)22(20,21)19-18-12-6-9-16-7-4-3-5-8-16/h3-13,19H,1-2H3/b9-6+,18-12+. The van der Waals surface area contributed by atoms with Crippen LogP contribution in [-0.4, -0.2) is 14.6 Å². The molecule has 4 nitrogen and oxygen atoms in total. The van der Waals surface area contributed by atoms with E-state index in [4.69, 9.17) is 0 Å². The molecule has 2 aromatic carbocycles. The fourth-order valence-electron chi connectivity index (χ4n) is 1.91. The van der Waals surface area contributed by atoms with Crippen molar-refractivity contribution in [2.45, 2.75) is 18.7 Å². The predicted octanol–water partition coefficient (Wildman–Crippen LogP) is 3.28. The van der Waals surface area contributed by atoms with Crippen LogP contribution in [0.4, 0.5) is 0 Å². The number of nitrogens with one attached hydrogen (secondary N) is 1. The fourth-order valence-corrected chi connectivity index (χ4v) is 3.04. The van der Waals surface area contributed by atoms with Crippen LogP contribution in [-0.2, 0) is 10.0 Å². The van der Waals surface area contributed by atoms with Crippen LogP contribution >= 0.6 is 0 Å². The first-order valence-electron chi connectivity index (χ1n) is 6.83. The summed E-state index contributed by atoms with van der Waals surface area (Å²) in [6.45, 7) is 3.61. The normalized spacial score (nSPS) is 12.1. The second kappa shape index (κ2) is 7.04. The Hall–Kier alpha value is -2.40. The lowest BCUT2D eigenvalue weighted by molar-refractivity contribution is 0.584. The number of hydrogen-bond donors (Lipinski definition) is 1. The lowest BCUT2D eigenvalue weighted by Gasteiger charge is -2.07. The van der Waals surface area contributed by atoms with Crippen molar-refractivity contribution < 1.29 is 8.42 Å². The molecule has 0 heterocycles. The molecule has 2 aromatic rings. The zero-order valence-corrected chi connectivity index (χ0v) is 13.3. The average Bonchev–Trinajstić information content (AvgIpc) is 2.50. The van der Waals surface area contributed by atoms with Gasteiger partial charge in [0, 0.05) is 6.21 Å². The summed E-state index contributed by atoms with van der Waals surface area (Å²) in [5.74, 6) is 0. The molecule has 0 atom stereocenters. The topological polar surface area (TPSA) is 58.5 Å². The molecule has 0 radical (unpaired) electrons. The Morgan fingerprint density at radius 3 is 2.50 bits per heavy atom. The summed E-state index contributed by atoms with van der Waals surface area (Å²) in [6, 6.07) is 15.0. The van der Waals surface area contributed by atoms with Gasteiger partial charge in [-0.25, -0.2) is 4.83 Å². The third-order valence-electron chi connectivity index (χ3n) is 3.05. The third-order valence-corrected chi connectivity index (χ3v) is 4.42. The highest BCUT2D eigenvalue weighted by molar-refractivity contribution is 7.89. The van der Waals surface area contributed by atoms with Gasteiger partial charge in [-0.15, -0.1) is 0 Å². The Morgan fingerprint density at radius 1 is 1.05 bits per heavy atom. The molecule has 0 aliphatic carbocycles. The second-order valence-corrected chi connectivity index (χ2v) is 6.54. The molecule has 22 heavy (non-hydrogen) atoms. The first kappa shape index (κ1) is 16.0. The van der Waals surface area contributed by atoms with Crippen molar-refractivity contribution in [2.75, 3.05) is 0 Å². The van der Waals surface area contributed by atoms with Crippen LogP contribution in [0.1, 0.15) is 16.7 Å². The summed E-state index contributed by atoms with van der Waals surface area (Å²) in [6.07, 6.45) is 4.94. The molecule has 0 fully saturated rings. The zero-order chi connectivity index (χ0) is 16.0. The van der Waals surface area contributed by atoms with Gasteiger partial charge in [-0.05, 0) is 42.7 Å². The van der Waals surface area contributed by atoms with Gasteiger partial charge in [0.15, 0.2) is 0 Å². The molecular formula is C17H18N2O2S. The van der Waals surface area contributed by atoms with E-state index in [1.807, 2.05) is 49.4 Å². The maximum absolute atomic E-state index is 12.2. The zero-order valence-electron chi connectivity index (χ0n) is 12.5. The van der Waals surface area contributed by atoms with E-state index in [0.717, 1.165) is 11.1 Å².